The molecule has 0 bridgehead atoms. The molecule has 1 fully saturated rings. The number of benzene rings is 1. The summed E-state index contributed by atoms with van der Waals surface area (Å²) in [6, 6.07) is 8.21. The van der Waals surface area contributed by atoms with Crippen LogP contribution >= 0.6 is 0 Å². The molecule has 2 aliphatic rings. The third-order valence-electron chi connectivity index (χ3n) is 8.80. The third kappa shape index (κ3) is 6.93. The fourth-order valence-corrected chi connectivity index (χ4v) is 6.40. The summed E-state index contributed by atoms with van der Waals surface area (Å²) in [5, 5.41) is 1.07. The van der Waals surface area contributed by atoms with Crippen molar-refractivity contribution in [1.29, 1.82) is 0 Å². The van der Waals surface area contributed by atoms with E-state index in [2.05, 4.69) is 55.1 Å². The highest BCUT2D eigenvalue weighted by Crippen LogP contribution is 2.49. The topological polar surface area (TPSA) is 37.7 Å². The van der Waals surface area contributed by atoms with Crippen LogP contribution in [0.3, 0.4) is 0 Å². The molecule has 2 aliphatic heterocycles. The van der Waals surface area contributed by atoms with E-state index in [4.69, 9.17) is 9.73 Å². The van der Waals surface area contributed by atoms with Gasteiger partial charge in [-0.2, -0.15) is 0 Å². The Morgan fingerprint density at radius 2 is 1.49 bits per heavy atom. The molecule has 4 rings (SSSR count). The van der Waals surface area contributed by atoms with Crippen LogP contribution in [0, 0.1) is 5.41 Å². The van der Waals surface area contributed by atoms with Crippen LogP contribution in [0.2, 0.25) is 0 Å². The van der Waals surface area contributed by atoms with Crippen molar-refractivity contribution < 1.29 is 4.74 Å². The molecule has 0 saturated carbocycles. The van der Waals surface area contributed by atoms with Gasteiger partial charge in [0.1, 0.15) is 11.4 Å². The first-order chi connectivity index (χ1) is 18.1. The summed E-state index contributed by atoms with van der Waals surface area (Å²) in [7, 11) is 0. The van der Waals surface area contributed by atoms with Gasteiger partial charge in [0.25, 0.3) is 0 Å². The van der Waals surface area contributed by atoms with Gasteiger partial charge in [0, 0.05) is 30.1 Å². The van der Waals surface area contributed by atoms with Crippen LogP contribution in [0.15, 0.2) is 35.5 Å². The maximum Gasteiger partial charge on any atom is 0.204 e. The van der Waals surface area contributed by atoms with Gasteiger partial charge in [-0.15, -0.1) is 0 Å². The Bertz CT molecular complexity index is 1000. The van der Waals surface area contributed by atoms with Crippen molar-refractivity contribution in [2.24, 2.45) is 10.4 Å². The van der Waals surface area contributed by atoms with Gasteiger partial charge in [0.05, 0.1) is 11.7 Å². The summed E-state index contributed by atoms with van der Waals surface area (Å²) in [6.07, 6.45) is 25.9. The van der Waals surface area contributed by atoms with Gasteiger partial charge in [0.15, 0.2) is 0 Å². The zero-order valence-electron chi connectivity index (χ0n) is 23.9. The quantitative estimate of drug-likeness (QED) is 0.226. The Labute approximate surface area is 226 Å². The number of fused-ring (bicyclic) bond motifs is 3. The standard InChI is InChI=1S/C33H51N3O/c1-4-5-6-7-8-9-10-11-12-13-14-15-16-17-25-36-26-19-23-32(2,3)33(36)27-35-31-28-20-18-24-34-29(28)21-22-30(31)37-33/h18,20-22,24,27H,4-17,19,23,25-26H2,1-3H3. The molecule has 1 atom stereocenters. The molecular formula is C33H51N3O. The van der Waals surface area contributed by atoms with Gasteiger partial charge in [-0.1, -0.05) is 104 Å². The van der Waals surface area contributed by atoms with Crippen LogP contribution in [0.25, 0.3) is 10.9 Å². The van der Waals surface area contributed by atoms with Crippen molar-refractivity contribution >= 4 is 22.8 Å². The Kier molecular flexibility index (Phi) is 10.4. The lowest BCUT2D eigenvalue weighted by atomic mass is 9.73. The maximum absolute atomic E-state index is 6.91. The van der Waals surface area contributed by atoms with E-state index in [1.165, 1.54) is 96.3 Å². The van der Waals surface area contributed by atoms with Crippen LogP contribution in [0.5, 0.6) is 5.75 Å². The molecule has 1 unspecified atom stereocenters. The first-order valence-electron chi connectivity index (χ1n) is 15.4. The number of likely N-dealkylation sites (tertiary alicyclic amines) is 1. The third-order valence-corrected chi connectivity index (χ3v) is 8.80. The van der Waals surface area contributed by atoms with Crippen LogP contribution in [0.4, 0.5) is 5.69 Å². The van der Waals surface area contributed by atoms with E-state index in [-0.39, 0.29) is 5.41 Å². The molecule has 4 nitrogen and oxygen atoms in total. The zero-order valence-corrected chi connectivity index (χ0v) is 23.9. The molecule has 37 heavy (non-hydrogen) atoms. The second-order valence-corrected chi connectivity index (χ2v) is 12.1. The van der Waals surface area contributed by atoms with Crippen molar-refractivity contribution in [3.63, 3.8) is 0 Å². The molecule has 1 aromatic carbocycles. The van der Waals surface area contributed by atoms with E-state index in [1.54, 1.807) is 0 Å². The number of aromatic nitrogens is 1. The van der Waals surface area contributed by atoms with E-state index in [9.17, 15) is 0 Å². The fourth-order valence-electron chi connectivity index (χ4n) is 6.40. The molecule has 0 radical (unpaired) electrons. The molecular weight excluding hydrogens is 454 g/mol. The first-order valence-corrected chi connectivity index (χ1v) is 15.4. The molecule has 0 N–H and O–H groups in total. The first kappa shape index (κ1) is 28.1. The minimum absolute atomic E-state index is 0.00629. The average Bonchev–Trinajstić information content (AvgIpc) is 2.91. The highest BCUT2D eigenvalue weighted by atomic mass is 16.5. The van der Waals surface area contributed by atoms with Crippen molar-refractivity contribution in [1.82, 2.24) is 9.88 Å². The van der Waals surface area contributed by atoms with E-state index >= 15 is 0 Å². The average molecular weight is 506 g/mol. The number of rotatable bonds is 15. The highest BCUT2D eigenvalue weighted by molar-refractivity contribution is 5.96. The van der Waals surface area contributed by atoms with Crippen molar-refractivity contribution in [3.05, 3.63) is 30.5 Å². The minimum atomic E-state index is -0.468. The predicted molar refractivity (Wildman–Crippen MR) is 158 cm³/mol. The van der Waals surface area contributed by atoms with Crippen molar-refractivity contribution in [2.75, 3.05) is 13.1 Å². The van der Waals surface area contributed by atoms with E-state index in [0.29, 0.717) is 0 Å². The number of ether oxygens (including phenoxy) is 1. The van der Waals surface area contributed by atoms with Gasteiger partial charge in [0.2, 0.25) is 5.72 Å². The Balaban J connectivity index is 1.21. The van der Waals surface area contributed by atoms with Crippen LogP contribution in [-0.2, 0) is 0 Å². The number of piperidine rings is 1. The summed E-state index contributed by atoms with van der Waals surface area (Å²) in [5.74, 6) is 0.893. The van der Waals surface area contributed by atoms with E-state index in [0.717, 1.165) is 41.9 Å². The lowest BCUT2D eigenvalue weighted by Crippen LogP contribution is -2.66. The number of aliphatic imine (C=N–C) groups is 1. The summed E-state index contributed by atoms with van der Waals surface area (Å²) >= 11 is 0. The van der Waals surface area contributed by atoms with Crippen LogP contribution < -0.4 is 4.74 Å². The SMILES string of the molecule is CCCCCCCCCCCCCCCCN1CCCC(C)(C)C12C=Nc1c(ccc3ncccc13)O2. The molecule has 1 spiro atoms. The van der Waals surface area contributed by atoms with Gasteiger partial charge >= 0.3 is 0 Å². The number of hydrogen-bond acceptors (Lipinski definition) is 4. The maximum atomic E-state index is 6.91. The second kappa shape index (κ2) is 13.7. The van der Waals surface area contributed by atoms with Gasteiger partial charge < -0.3 is 4.74 Å². The molecule has 1 aromatic heterocycles. The summed E-state index contributed by atoms with van der Waals surface area (Å²) in [5.41, 5.74) is 1.44. The molecule has 1 saturated heterocycles. The lowest BCUT2D eigenvalue weighted by Gasteiger charge is -2.55. The number of nitrogens with zero attached hydrogens (tertiary/aromatic N) is 3. The van der Waals surface area contributed by atoms with E-state index in [1.807, 2.05) is 12.3 Å². The molecule has 204 valence electrons. The Morgan fingerprint density at radius 3 is 2.16 bits per heavy atom. The second-order valence-electron chi connectivity index (χ2n) is 12.1. The minimum Gasteiger partial charge on any atom is -0.464 e. The molecule has 0 amide bonds. The summed E-state index contributed by atoms with van der Waals surface area (Å²) in [4.78, 5) is 12.1. The largest absolute Gasteiger partial charge is 0.464 e. The smallest absolute Gasteiger partial charge is 0.204 e. The normalized spacial score (nSPS) is 20.8. The van der Waals surface area contributed by atoms with Crippen LogP contribution in [-0.4, -0.2) is 34.9 Å². The van der Waals surface area contributed by atoms with E-state index < -0.39 is 5.72 Å². The molecule has 2 aromatic rings. The monoisotopic (exact) mass is 505 g/mol. The number of unbranched alkanes of at least 4 members (excludes halogenated alkanes) is 13. The number of hydrogen-bond donors (Lipinski definition) is 0. The lowest BCUT2D eigenvalue weighted by molar-refractivity contribution is -0.134. The van der Waals surface area contributed by atoms with Gasteiger partial charge in [-0.05, 0) is 43.5 Å². The van der Waals surface area contributed by atoms with Gasteiger partial charge in [-0.3, -0.25) is 14.9 Å². The fraction of sp³-hybridized carbons (Fsp3) is 0.697. The highest BCUT2D eigenvalue weighted by Gasteiger charge is 2.54. The predicted octanol–water partition coefficient (Wildman–Crippen LogP) is 9.63. The summed E-state index contributed by atoms with van der Waals surface area (Å²) in [6.45, 7) is 9.16. The number of pyridine rings is 1. The molecule has 3 heterocycles. The van der Waals surface area contributed by atoms with Gasteiger partial charge in [-0.25, -0.2) is 0 Å². The summed E-state index contributed by atoms with van der Waals surface area (Å²) < 4.78 is 6.91. The van der Waals surface area contributed by atoms with Crippen molar-refractivity contribution in [3.8, 4) is 5.75 Å². The zero-order chi connectivity index (χ0) is 26.0. The Morgan fingerprint density at radius 1 is 0.838 bits per heavy atom. The van der Waals surface area contributed by atoms with Crippen molar-refractivity contribution in [2.45, 2.75) is 129 Å². The molecule has 4 heteroatoms. The molecule has 0 aliphatic carbocycles. The Hall–Kier alpha value is -1.94. The van der Waals surface area contributed by atoms with Crippen LogP contribution in [0.1, 0.15) is 124 Å².